The Labute approximate surface area is 100 Å². The summed E-state index contributed by atoms with van der Waals surface area (Å²) in [7, 11) is 1.84. The summed E-state index contributed by atoms with van der Waals surface area (Å²) < 4.78 is 0. The lowest BCUT2D eigenvalue weighted by molar-refractivity contribution is 0.0786. The molecule has 2 atom stereocenters. The lowest BCUT2D eigenvalue weighted by atomic mass is 10.2. The number of nitrogens with zero attached hydrogens (tertiary/aromatic N) is 2. The van der Waals surface area contributed by atoms with Gasteiger partial charge in [-0.15, -0.1) is 0 Å². The Bertz CT molecular complexity index is 391. The standard InChI is InChI=1S/C12H15ClN2O/c1-8-5-10(8)7-15(2)12(16)9-3-4-11(13)14-6-9/h3-4,6,8,10H,5,7H2,1-2H3. The summed E-state index contributed by atoms with van der Waals surface area (Å²) in [5, 5.41) is 0.412. The lowest BCUT2D eigenvalue weighted by Crippen LogP contribution is -2.29. The van der Waals surface area contributed by atoms with Crippen LogP contribution in [-0.4, -0.2) is 29.4 Å². The van der Waals surface area contributed by atoms with Gasteiger partial charge >= 0.3 is 0 Å². The first-order valence-corrected chi connectivity index (χ1v) is 5.82. The number of hydrogen-bond acceptors (Lipinski definition) is 2. The Morgan fingerprint density at radius 2 is 2.31 bits per heavy atom. The highest BCUT2D eigenvalue weighted by molar-refractivity contribution is 6.29. The van der Waals surface area contributed by atoms with Gasteiger partial charge in [0.25, 0.3) is 5.91 Å². The highest BCUT2D eigenvalue weighted by atomic mass is 35.5. The van der Waals surface area contributed by atoms with Gasteiger partial charge in [0, 0.05) is 19.8 Å². The average Bonchev–Trinajstić information content (AvgIpc) is 2.94. The van der Waals surface area contributed by atoms with Gasteiger partial charge in [-0.05, 0) is 30.4 Å². The van der Waals surface area contributed by atoms with E-state index in [9.17, 15) is 4.79 Å². The maximum atomic E-state index is 12.0. The van der Waals surface area contributed by atoms with Gasteiger partial charge in [0.1, 0.15) is 5.15 Å². The number of pyridine rings is 1. The molecule has 1 fully saturated rings. The summed E-state index contributed by atoms with van der Waals surface area (Å²) in [6, 6.07) is 3.35. The number of amides is 1. The number of rotatable bonds is 3. The van der Waals surface area contributed by atoms with Crippen LogP contribution in [0.4, 0.5) is 0 Å². The molecule has 86 valence electrons. The minimum atomic E-state index is 0.0169. The van der Waals surface area contributed by atoms with Gasteiger partial charge in [0.05, 0.1) is 5.56 Å². The molecule has 16 heavy (non-hydrogen) atoms. The number of carbonyl (C=O) groups excluding carboxylic acids is 1. The van der Waals surface area contributed by atoms with Crippen molar-refractivity contribution in [3.05, 3.63) is 29.0 Å². The molecular weight excluding hydrogens is 224 g/mol. The molecule has 0 radical (unpaired) electrons. The zero-order chi connectivity index (χ0) is 11.7. The van der Waals surface area contributed by atoms with Crippen LogP contribution in [0.1, 0.15) is 23.7 Å². The quantitative estimate of drug-likeness (QED) is 0.758. The zero-order valence-electron chi connectivity index (χ0n) is 9.48. The normalized spacial score (nSPS) is 22.9. The van der Waals surface area contributed by atoms with Crippen molar-refractivity contribution in [3.63, 3.8) is 0 Å². The Kier molecular flexibility index (Phi) is 3.15. The predicted octanol–water partition coefficient (Wildman–Crippen LogP) is 2.46. The van der Waals surface area contributed by atoms with Gasteiger partial charge < -0.3 is 4.90 Å². The molecule has 0 aliphatic heterocycles. The number of aromatic nitrogens is 1. The van der Waals surface area contributed by atoms with Crippen LogP contribution in [0.15, 0.2) is 18.3 Å². The molecule has 1 aliphatic carbocycles. The molecule has 1 amide bonds. The fourth-order valence-electron chi connectivity index (χ4n) is 1.81. The fourth-order valence-corrected chi connectivity index (χ4v) is 1.92. The van der Waals surface area contributed by atoms with Crippen molar-refractivity contribution >= 4 is 17.5 Å². The largest absolute Gasteiger partial charge is 0.341 e. The van der Waals surface area contributed by atoms with Crippen LogP contribution in [0.3, 0.4) is 0 Å². The molecule has 0 N–H and O–H groups in total. The van der Waals surface area contributed by atoms with Crippen LogP contribution >= 0.6 is 11.6 Å². The van der Waals surface area contributed by atoms with Gasteiger partial charge in [0.15, 0.2) is 0 Å². The molecule has 2 rings (SSSR count). The molecule has 1 aliphatic rings. The molecule has 0 saturated heterocycles. The zero-order valence-corrected chi connectivity index (χ0v) is 10.2. The first kappa shape index (κ1) is 11.4. The highest BCUT2D eigenvalue weighted by Crippen LogP contribution is 2.38. The summed E-state index contributed by atoms with van der Waals surface area (Å²) in [5.41, 5.74) is 0.597. The van der Waals surface area contributed by atoms with Crippen LogP contribution in [0.2, 0.25) is 5.15 Å². The second-order valence-electron chi connectivity index (χ2n) is 4.53. The molecular formula is C12H15ClN2O. The summed E-state index contributed by atoms with van der Waals surface area (Å²) in [6.45, 7) is 3.05. The van der Waals surface area contributed by atoms with E-state index in [0.717, 1.165) is 12.5 Å². The predicted molar refractivity (Wildman–Crippen MR) is 63.5 cm³/mol. The molecule has 0 aromatic carbocycles. The number of hydrogen-bond donors (Lipinski definition) is 0. The monoisotopic (exact) mass is 238 g/mol. The number of carbonyl (C=O) groups is 1. The van der Waals surface area contributed by atoms with E-state index in [-0.39, 0.29) is 5.91 Å². The number of halogens is 1. The van der Waals surface area contributed by atoms with E-state index in [1.807, 2.05) is 7.05 Å². The van der Waals surface area contributed by atoms with E-state index in [1.165, 1.54) is 12.6 Å². The Morgan fingerprint density at radius 3 is 2.81 bits per heavy atom. The van der Waals surface area contributed by atoms with Crippen molar-refractivity contribution in [1.29, 1.82) is 0 Å². The molecule has 1 heterocycles. The van der Waals surface area contributed by atoms with E-state index in [1.54, 1.807) is 17.0 Å². The van der Waals surface area contributed by atoms with Gasteiger partial charge in [-0.25, -0.2) is 4.98 Å². The maximum Gasteiger partial charge on any atom is 0.255 e. The summed E-state index contributed by atoms with van der Waals surface area (Å²) in [5.74, 6) is 1.45. The van der Waals surface area contributed by atoms with Crippen molar-refractivity contribution in [3.8, 4) is 0 Å². The second-order valence-corrected chi connectivity index (χ2v) is 4.92. The van der Waals surface area contributed by atoms with Crippen molar-refractivity contribution < 1.29 is 4.79 Å². The summed E-state index contributed by atoms with van der Waals surface area (Å²) in [4.78, 5) is 17.6. The summed E-state index contributed by atoms with van der Waals surface area (Å²) >= 11 is 5.67. The van der Waals surface area contributed by atoms with Gasteiger partial charge in [-0.1, -0.05) is 18.5 Å². The average molecular weight is 239 g/mol. The molecule has 2 unspecified atom stereocenters. The molecule has 0 bridgehead atoms. The van der Waals surface area contributed by atoms with E-state index in [2.05, 4.69) is 11.9 Å². The van der Waals surface area contributed by atoms with Gasteiger partial charge in [-0.3, -0.25) is 4.79 Å². The van der Waals surface area contributed by atoms with E-state index >= 15 is 0 Å². The third-order valence-electron chi connectivity index (χ3n) is 3.11. The van der Waals surface area contributed by atoms with Crippen molar-refractivity contribution in [2.75, 3.05) is 13.6 Å². The first-order valence-electron chi connectivity index (χ1n) is 5.45. The minimum Gasteiger partial charge on any atom is -0.341 e. The third-order valence-corrected chi connectivity index (χ3v) is 3.33. The highest BCUT2D eigenvalue weighted by Gasteiger charge is 2.34. The van der Waals surface area contributed by atoms with Gasteiger partial charge in [-0.2, -0.15) is 0 Å². The first-order chi connectivity index (χ1) is 7.58. The Morgan fingerprint density at radius 1 is 1.62 bits per heavy atom. The summed E-state index contributed by atoms with van der Waals surface area (Å²) in [6.07, 6.45) is 2.76. The topological polar surface area (TPSA) is 33.2 Å². The van der Waals surface area contributed by atoms with E-state index in [0.29, 0.717) is 16.6 Å². The molecule has 0 spiro atoms. The van der Waals surface area contributed by atoms with Crippen molar-refractivity contribution in [2.24, 2.45) is 11.8 Å². The van der Waals surface area contributed by atoms with Crippen molar-refractivity contribution in [2.45, 2.75) is 13.3 Å². The smallest absolute Gasteiger partial charge is 0.255 e. The van der Waals surface area contributed by atoms with Crippen LogP contribution in [0.5, 0.6) is 0 Å². The van der Waals surface area contributed by atoms with Crippen LogP contribution in [-0.2, 0) is 0 Å². The van der Waals surface area contributed by atoms with Crippen LogP contribution < -0.4 is 0 Å². The van der Waals surface area contributed by atoms with Crippen LogP contribution in [0, 0.1) is 11.8 Å². The molecule has 1 aromatic heterocycles. The van der Waals surface area contributed by atoms with Gasteiger partial charge in [0.2, 0.25) is 0 Å². The van der Waals surface area contributed by atoms with E-state index < -0.39 is 0 Å². The maximum absolute atomic E-state index is 12.0. The van der Waals surface area contributed by atoms with E-state index in [4.69, 9.17) is 11.6 Å². The fraction of sp³-hybridized carbons (Fsp3) is 0.500. The molecule has 3 nitrogen and oxygen atoms in total. The minimum absolute atomic E-state index is 0.0169. The third kappa shape index (κ3) is 2.53. The second kappa shape index (κ2) is 4.42. The SMILES string of the molecule is CC1CC1CN(C)C(=O)c1ccc(Cl)nc1. The lowest BCUT2D eigenvalue weighted by Gasteiger charge is -2.16. The molecule has 1 aromatic rings. The molecule has 4 heteroatoms. The van der Waals surface area contributed by atoms with Crippen molar-refractivity contribution in [1.82, 2.24) is 9.88 Å². The Balaban J connectivity index is 1.98. The van der Waals surface area contributed by atoms with Crippen LogP contribution in [0.25, 0.3) is 0 Å². The molecule has 1 saturated carbocycles. The Hall–Kier alpha value is -1.09.